The zero-order valence-electron chi connectivity index (χ0n) is 20.7. The van der Waals surface area contributed by atoms with Gasteiger partial charge in [0.25, 0.3) is 11.5 Å². The molecule has 2 amide bonds. The molecule has 1 atom stereocenters. The summed E-state index contributed by atoms with van der Waals surface area (Å²) < 4.78 is 77.8. The molecule has 1 aliphatic rings. The topological polar surface area (TPSA) is 119 Å². The van der Waals surface area contributed by atoms with Crippen molar-refractivity contribution >= 4 is 28.8 Å². The molecule has 0 saturated carbocycles. The Morgan fingerprint density at radius 3 is 2.32 bits per heavy atom. The van der Waals surface area contributed by atoms with Gasteiger partial charge in [-0.3, -0.25) is 14.9 Å². The second-order valence-electron chi connectivity index (χ2n) is 9.51. The zero-order chi connectivity index (χ0) is 29.7. The van der Waals surface area contributed by atoms with Crippen LogP contribution >= 0.6 is 0 Å². The Kier molecular flexibility index (Phi) is 6.68. The van der Waals surface area contributed by atoms with Crippen molar-refractivity contribution in [2.75, 3.05) is 5.32 Å². The minimum absolute atomic E-state index is 0.130. The molecule has 0 bridgehead atoms. The first-order chi connectivity index (χ1) is 19.2. The van der Waals surface area contributed by atoms with Gasteiger partial charge in [0.05, 0.1) is 29.1 Å². The Morgan fingerprint density at radius 2 is 1.66 bits per heavy atom. The molecule has 0 saturated heterocycles. The van der Waals surface area contributed by atoms with Crippen LogP contribution in [0.1, 0.15) is 39.5 Å². The third-order valence-electron chi connectivity index (χ3n) is 6.79. The van der Waals surface area contributed by atoms with Gasteiger partial charge in [0.1, 0.15) is 5.75 Å². The fraction of sp³-hybridized carbons (Fsp3) is 0.222. The van der Waals surface area contributed by atoms with Gasteiger partial charge in [0.2, 0.25) is 11.9 Å². The van der Waals surface area contributed by atoms with E-state index in [4.69, 9.17) is 0 Å². The molecule has 5 rings (SSSR count). The standard InChI is InChI=1S/C27H20F6N4O4/c28-26(29,30)25(41,27(31,32)33)12-20(39)36-24-34-17-10-9-15(11-18(17)35-24)22-16-7-4-8-19(38)21(16)23(40)37(22)13-14-5-2-1-3-6-14/h1-11,22,38,41H,12-13H2,(H2,34,35,36,39). The predicted octanol–water partition coefficient (Wildman–Crippen LogP) is 5.20. The number of hydrogen-bond acceptors (Lipinski definition) is 5. The summed E-state index contributed by atoms with van der Waals surface area (Å²) in [5.74, 6) is -2.84. The maximum absolute atomic E-state index is 13.4. The second kappa shape index (κ2) is 9.80. The average molecular weight is 578 g/mol. The molecule has 4 N–H and O–H groups in total. The number of hydrogen-bond donors (Lipinski definition) is 4. The predicted molar refractivity (Wildman–Crippen MR) is 133 cm³/mol. The Hall–Kier alpha value is -4.59. The summed E-state index contributed by atoms with van der Waals surface area (Å²) >= 11 is 0. The van der Waals surface area contributed by atoms with Crippen LogP contribution in [0, 0.1) is 0 Å². The molecule has 0 aliphatic carbocycles. The number of alkyl halides is 6. The Morgan fingerprint density at radius 1 is 0.976 bits per heavy atom. The lowest BCUT2D eigenvalue weighted by Crippen LogP contribution is -2.58. The number of H-pyrrole nitrogens is 1. The molecule has 4 aromatic rings. The number of benzene rings is 3. The third-order valence-corrected chi connectivity index (χ3v) is 6.79. The van der Waals surface area contributed by atoms with E-state index in [-0.39, 0.29) is 28.9 Å². The smallest absolute Gasteiger partial charge is 0.426 e. The molecule has 1 unspecified atom stereocenters. The number of aromatic hydroxyl groups is 1. The lowest BCUT2D eigenvalue weighted by atomic mass is 9.97. The highest BCUT2D eigenvalue weighted by Gasteiger charge is 2.71. The number of aromatic amines is 1. The number of carbonyl (C=O) groups is 2. The number of amides is 2. The first kappa shape index (κ1) is 28.0. The molecular weight excluding hydrogens is 558 g/mol. The number of phenolic OH excluding ortho intramolecular Hbond substituents is 1. The van der Waals surface area contributed by atoms with Crippen LogP contribution in [0.5, 0.6) is 5.75 Å². The van der Waals surface area contributed by atoms with Gasteiger partial charge in [-0.1, -0.05) is 48.5 Å². The maximum Gasteiger partial charge on any atom is 0.426 e. The van der Waals surface area contributed by atoms with Crippen LogP contribution in [0.25, 0.3) is 11.0 Å². The average Bonchev–Trinajstić information content (AvgIpc) is 3.41. The van der Waals surface area contributed by atoms with Gasteiger partial charge >= 0.3 is 12.4 Å². The number of nitrogens with one attached hydrogen (secondary N) is 2. The van der Waals surface area contributed by atoms with Crippen LogP contribution in [0.4, 0.5) is 32.3 Å². The number of imidazole rings is 1. The molecule has 3 aromatic carbocycles. The molecule has 41 heavy (non-hydrogen) atoms. The fourth-order valence-corrected chi connectivity index (χ4v) is 4.77. The Bertz CT molecular complexity index is 1620. The van der Waals surface area contributed by atoms with Crippen molar-refractivity contribution in [1.82, 2.24) is 14.9 Å². The van der Waals surface area contributed by atoms with Gasteiger partial charge < -0.3 is 20.1 Å². The van der Waals surface area contributed by atoms with Crippen LogP contribution in [-0.2, 0) is 11.3 Å². The largest absolute Gasteiger partial charge is 0.507 e. The normalized spacial score (nSPS) is 15.8. The van der Waals surface area contributed by atoms with Gasteiger partial charge in [-0.05, 0) is 34.9 Å². The van der Waals surface area contributed by atoms with Crippen molar-refractivity contribution in [1.29, 1.82) is 0 Å². The highest BCUT2D eigenvalue weighted by molar-refractivity contribution is 6.02. The van der Waals surface area contributed by atoms with E-state index in [1.807, 2.05) is 35.6 Å². The molecule has 214 valence electrons. The van der Waals surface area contributed by atoms with Crippen LogP contribution in [0.2, 0.25) is 0 Å². The summed E-state index contributed by atoms with van der Waals surface area (Å²) in [6, 6.07) is 17.8. The Balaban J connectivity index is 1.46. The van der Waals surface area contributed by atoms with Crippen molar-refractivity contribution in [3.05, 3.63) is 89.0 Å². The number of halogens is 6. The maximum atomic E-state index is 13.4. The van der Waals surface area contributed by atoms with Crippen LogP contribution in [0.3, 0.4) is 0 Å². The zero-order valence-corrected chi connectivity index (χ0v) is 20.7. The summed E-state index contributed by atoms with van der Waals surface area (Å²) in [5.41, 5.74) is -2.78. The van der Waals surface area contributed by atoms with Crippen LogP contribution in [-0.4, -0.2) is 54.8 Å². The first-order valence-electron chi connectivity index (χ1n) is 12.0. The highest BCUT2D eigenvalue weighted by atomic mass is 19.4. The quantitative estimate of drug-likeness (QED) is 0.235. The number of phenols is 1. The van der Waals surface area contributed by atoms with Crippen LogP contribution in [0.15, 0.2) is 66.7 Å². The number of rotatable bonds is 6. The van der Waals surface area contributed by atoms with E-state index in [2.05, 4.69) is 9.97 Å². The number of carbonyl (C=O) groups excluding carboxylic acids is 2. The summed E-state index contributed by atoms with van der Waals surface area (Å²) in [7, 11) is 0. The van der Waals surface area contributed by atoms with Gasteiger partial charge in [-0.15, -0.1) is 0 Å². The van der Waals surface area contributed by atoms with Crippen molar-refractivity contribution < 1.29 is 46.1 Å². The van der Waals surface area contributed by atoms with E-state index in [0.29, 0.717) is 11.1 Å². The summed E-state index contributed by atoms with van der Waals surface area (Å²) in [4.78, 5) is 33.7. The van der Waals surface area contributed by atoms with Gasteiger partial charge in [0, 0.05) is 6.54 Å². The Labute approximate surface area is 227 Å². The number of fused-ring (bicyclic) bond motifs is 2. The first-order valence-corrected chi connectivity index (χ1v) is 12.0. The SMILES string of the molecule is O=C(CC(O)(C(F)(F)F)C(F)(F)F)Nc1nc2cc(C3c4cccc(O)c4C(=O)N3Cc3ccccc3)ccc2[nH]1. The molecule has 0 fully saturated rings. The van der Waals surface area contributed by atoms with Crippen LogP contribution < -0.4 is 5.32 Å². The van der Waals surface area contributed by atoms with E-state index in [9.17, 15) is 46.1 Å². The molecule has 1 aliphatic heterocycles. The molecule has 2 heterocycles. The van der Waals surface area contributed by atoms with Gasteiger partial charge in [0.15, 0.2) is 0 Å². The lowest BCUT2D eigenvalue weighted by Gasteiger charge is -2.31. The molecule has 0 radical (unpaired) electrons. The lowest BCUT2D eigenvalue weighted by molar-refractivity contribution is -0.366. The monoisotopic (exact) mass is 578 g/mol. The van der Waals surface area contributed by atoms with E-state index in [0.717, 1.165) is 5.56 Å². The van der Waals surface area contributed by atoms with E-state index in [1.54, 1.807) is 29.2 Å². The number of aromatic nitrogens is 2. The highest BCUT2D eigenvalue weighted by Crippen LogP contribution is 2.46. The number of aliphatic hydroxyl groups is 1. The molecule has 14 heteroatoms. The minimum Gasteiger partial charge on any atom is -0.507 e. The summed E-state index contributed by atoms with van der Waals surface area (Å²) in [6.07, 6.45) is -14.6. The van der Waals surface area contributed by atoms with E-state index >= 15 is 0 Å². The molecule has 8 nitrogen and oxygen atoms in total. The molecule has 0 spiro atoms. The van der Waals surface area contributed by atoms with Crippen molar-refractivity contribution in [2.45, 2.75) is 37.0 Å². The minimum atomic E-state index is -6.15. The summed E-state index contributed by atoms with van der Waals surface area (Å²) in [6.45, 7) is 0.194. The van der Waals surface area contributed by atoms with E-state index < -0.39 is 48.2 Å². The molecular formula is C27H20F6N4O4. The number of nitrogens with zero attached hydrogens (tertiary/aromatic N) is 2. The van der Waals surface area contributed by atoms with Crippen molar-refractivity contribution in [2.24, 2.45) is 0 Å². The second-order valence-corrected chi connectivity index (χ2v) is 9.51. The third kappa shape index (κ3) is 4.94. The number of anilines is 1. The van der Waals surface area contributed by atoms with Gasteiger partial charge in [-0.2, -0.15) is 26.3 Å². The van der Waals surface area contributed by atoms with Gasteiger partial charge in [-0.25, -0.2) is 4.98 Å². The van der Waals surface area contributed by atoms with E-state index in [1.165, 1.54) is 12.1 Å². The summed E-state index contributed by atoms with van der Waals surface area (Å²) in [5, 5.41) is 21.5. The van der Waals surface area contributed by atoms with Crippen molar-refractivity contribution in [3.63, 3.8) is 0 Å². The molecule has 1 aromatic heterocycles. The van der Waals surface area contributed by atoms with Crippen molar-refractivity contribution in [3.8, 4) is 5.75 Å². The fourth-order valence-electron chi connectivity index (χ4n) is 4.77.